The van der Waals surface area contributed by atoms with Crippen LogP contribution in [0.3, 0.4) is 0 Å². The minimum Gasteiger partial charge on any atom is -0.354 e. The van der Waals surface area contributed by atoms with Gasteiger partial charge in [-0.25, -0.2) is 0 Å². The summed E-state index contributed by atoms with van der Waals surface area (Å²) in [6, 6.07) is 9.19. The third-order valence-corrected chi connectivity index (χ3v) is 3.95. The molecule has 2 N–H and O–H groups in total. The molecule has 1 rings (SSSR count). The van der Waals surface area contributed by atoms with Crippen molar-refractivity contribution in [2.24, 2.45) is 0 Å². The van der Waals surface area contributed by atoms with E-state index in [2.05, 4.69) is 48.7 Å². The lowest BCUT2D eigenvalue weighted by molar-refractivity contribution is -0.121. The first kappa shape index (κ1) is 17.1. The highest BCUT2D eigenvalue weighted by molar-refractivity contribution is 7.99. The van der Waals surface area contributed by atoms with Gasteiger partial charge in [-0.05, 0) is 45.0 Å². The van der Waals surface area contributed by atoms with Gasteiger partial charge in [0.25, 0.3) is 0 Å². The van der Waals surface area contributed by atoms with Gasteiger partial charge in [0.2, 0.25) is 5.91 Å². The van der Waals surface area contributed by atoms with Crippen LogP contribution in [0.25, 0.3) is 0 Å². The Morgan fingerprint density at radius 2 is 1.85 bits per heavy atom. The SMILES string of the molecule is CCNC(C)c1ccc(SCCC(=O)NC(C)C)cc1. The summed E-state index contributed by atoms with van der Waals surface area (Å²) in [6.07, 6.45) is 0.568. The van der Waals surface area contributed by atoms with Gasteiger partial charge in [-0.2, -0.15) is 0 Å². The highest BCUT2D eigenvalue weighted by Crippen LogP contribution is 2.21. The summed E-state index contributed by atoms with van der Waals surface area (Å²) in [4.78, 5) is 12.7. The number of thioether (sulfide) groups is 1. The van der Waals surface area contributed by atoms with E-state index >= 15 is 0 Å². The molecule has 0 saturated carbocycles. The van der Waals surface area contributed by atoms with Crippen LogP contribution < -0.4 is 10.6 Å². The van der Waals surface area contributed by atoms with Gasteiger partial charge >= 0.3 is 0 Å². The van der Waals surface area contributed by atoms with Gasteiger partial charge in [0.05, 0.1) is 0 Å². The zero-order chi connectivity index (χ0) is 15.0. The molecule has 0 aliphatic rings. The molecule has 0 radical (unpaired) electrons. The average molecular weight is 294 g/mol. The van der Waals surface area contributed by atoms with Crippen LogP contribution in [0, 0.1) is 0 Å². The summed E-state index contributed by atoms with van der Waals surface area (Å²) in [7, 11) is 0. The number of benzene rings is 1. The number of nitrogens with one attached hydrogen (secondary N) is 2. The standard InChI is InChI=1S/C16H26N2OS/c1-5-17-13(4)14-6-8-15(9-7-14)20-11-10-16(19)18-12(2)3/h6-9,12-13,17H,5,10-11H2,1-4H3,(H,18,19). The number of carbonyl (C=O) groups excluding carboxylic acids is 1. The molecule has 0 aliphatic heterocycles. The minimum absolute atomic E-state index is 0.130. The molecule has 0 heterocycles. The molecule has 0 aliphatic carbocycles. The maximum Gasteiger partial charge on any atom is 0.221 e. The smallest absolute Gasteiger partial charge is 0.221 e. The fourth-order valence-corrected chi connectivity index (χ4v) is 2.78. The Bertz CT molecular complexity index is 403. The Balaban J connectivity index is 2.36. The Hall–Kier alpha value is -1.00. The normalized spacial score (nSPS) is 12.4. The monoisotopic (exact) mass is 294 g/mol. The molecule has 1 unspecified atom stereocenters. The Morgan fingerprint density at radius 1 is 1.20 bits per heavy atom. The Labute approximate surface area is 126 Å². The van der Waals surface area contributed by atoms with E-state index in [0.29, 0.717) is 12.5 Å². The number of hydrogen-bond acceptors (Lipinski definition) is 3. The number of carbonyl (C=O) groups is 1. The van der Waals surface area contributed by atoms with E-state index in [9.17, 15) is 4.79 Å². The molecular formula is C16H26N2OS. The van der Waals surface area contributed by atoms with Crippen LogP contribution in [0.5, 0.6) is 0 Å². The maximum atomic E-state index is 11.5. The van der Waals surface area contributed by atoms with Crippen molar-refractivity contribution in [1.82, 2.24) is 10.6 Å². The van der Waals surface area contributed by atoms with Crippen LogP contribution in [0.2, 0.25) is 0 Å². The molecule has 0 aromatic heterocycles. The van der Waals surface area contributed by atoms with E-state index in [-0.39, 0.29) is 11.9 Å². The van der Waals surface area contributed by atoms with Gasteiger partial charge < -0.3 is 10.6 Å². The van der Waals surface area contributed by atoms with E-state index in [1.54, 1.807) is 11.8 Å². The molecule has 1 atom stereocenters. The van der Waals surface area contributed by atoms with Gasteiger partial charge in [-0.15, -0.1) is 11.8 Å². The third-order valence-electron chi connectivity index (χ3n) is 2.94. The quantitative estimate of drug-likeness (QED) is 0.722. The first-order valence-electron chi connectivity index (χ1n) is 7.28. The molecular weight excluding hydrogens is 268 g/mol. The summed E-state index contributed by atoms with van der Waals surface area (Å²) in [5, 5.41) is 6.30. The summed E-state index contributed by atoms with van der Waals surface area (Å²) in [5.74, 6) is 0.950. The molecule has 0 saturated heterocycles. The lowest BCUT2D eigenvalue weighted by atomic mass is 10.1. The van der Waals surface area contributed by atoms with Crippen LogP contribution >= 0.6 is 11.8 Å². The van der Waals surface area contributed by atoms with Gasteiger partial charge in [-0.3, -0.25) is 4.79 Å². The number of hydrogen-bond donors (Lipinski definition) is 2. The summed E-state index contributed by atoms with van der Waals surface area (Å²) >= 11 is 1.73. The first-order chi connectivity index (χ1) is 9.52. The second-order valence-corrected chi connectivity index (χ2v) is 6.34. The summed E-state index contributed by atoms with van der Waals surface area (Å²) in [5.41, 5.74) is 1.30. The average Bonchev–Trinajstić information content (AvgIpc) is 2.39. The van der Waals surface area contributed by atoms with E-state index in [1.807, 2.05) is 13.8 Å². The lowest BCUT2D eigenvalue weighted by Crippen LogP contribution is -2.30. The molecule has 3 nitrogen and oxygen atoms in total. The van der Waals surface area contributed by atoms with Crippen LogP contribution in [0.4, 0.5) is 0 Å². The second-order valence-electron chi connectivity index (χ2n) is 5.17. The Kier molecular flexibility index (Phi) is 7.70. The molecule has 4 heteroatoms. The molecule has 1 amide bonds. The van der Waals surface area contributed by atoms with Crippen LogP contribution in [0.1, 0.15) is 45.7 Å². The molecule has 0 spiro atoms. The van der Waals surface area contributed by atoms with Crippen molar-refractivity contribution in [3.8, 4) is 0 Å². The zero-order valence-electron chi connectivity index (χ0n) is 12.9. The van der Waals surface area contributed by atoms with Crippen molar-refractivity contribution in [3.63, 3.8) is 0 Å². The van der Waals surface area contributed by atoms with Crippen LogP contribution in [-0.4, -0.2) is 24.2 Å². The van der Waals surface area contributed by atoms with Crippen molar-refractivity contribution in [2.75, 3.05) is 12.3 Å². The predicted octanol–water partition coefficient (Wildman–Crippen LogP) is 3.36. The summed E-state index contributed by atoms with van der Waals surface area (Å²) in [6.45, 7) is 9.22. The topological polar surface area (TPSA) is 41.1 Å². The van der Waals surface area contributed by atoms with E-state index < -0.39 is 0 Å². The van der Waals surface area contributed by atoms with Crippen LogP contribution in [-0.2, 0) is 4.79 Å². The number of rotatable bonds is 8. The van der Waals surface area contributed by atoms with Crippen molar-refractivity contribution >= 4 is 17.7 Å². The highest BCUT2D eigenvalue weighted by Gasteiger charge is 2.05. The van der Waals surface area contributed by atoms with Crippen LogP contribution in [0.15, 0.2) is 29.2 Å². The molecule has 1 aromatic rings. The summed E-state index contributed by atoms with van der Waals surface area (Å²) < 4.78 is 0. The van der Waals surface area contributed by atoms with E-state index in [1.165, 1.54) is 10.5 Å². The van der Waals surface area contributed by atoms with Gasteiger partial charge in [-0.1, -0.05) is 19.1 Å². The molecule has 1 aromatic carbocycles. The first-order valence-corrected chi connectivity index (χ1v) is 8.27. The fourth-order valence-electron chi connectivity index (χ4n) is 1.93. The largest absolute Gasteiger partial charge is 0.354 e. The third kappa shape index (κ3) is 6.44. The predicted molar refractivity (Wildman–Crippen MR) is 87.2 cm³/mol. The van der Waals surface area contributed by atoms with Gasteiger partial charge in [0.15, 0.2) is 0 Å². The molecule has 112 valence electrons. The number of amides is 1. The fraction of sp³-hybridized carbons (Fsp3) is 0.562. The van der Waals surface area contributed by atoms with Crippen molar-refractivity contribution in [2.45, 2.75) is 51.1 Å². The van der Waals surface area contributed by atoms with Gasteiger partial charge in [0, 0.05) is 29.2 Å². The van der Waals surface area contributed by atoms with Crippen molar-refractivity contribution < 1.29 is 4.79 Å². The van der Waals surface area contributed by atoms with E-state index in [0.717, 1.165) is 12.3 Å². The molecule has 20 heavy (non-hydrogen) atoms. The zero-order valence-corrected chi connectivity index (χ0v) is 13.7. The maximum absolute atomic E-state index is 11.5. The highest BCUT2D eigenvalue weighted by atomic mass is 32.2. The Morgan fingerprint density at radius 3 is 2.40 bits per heavy atom. The van der Waals surface area contributed by atoms with Gasteiger partial charge in [0.1, 0.15) is 0 Å². The van der Waals surface area contributed by atoms with E-state index in [4.69, 9.17) is 0 Å². The molecule has 0 bridgehead atoms. The second kappa shape index (κ2) is 9.03. The van der Waals surface area contributed by atoms with Crippen molar-refractivity contribution in [1.29, 1.82) is 0 Å². The lowest BCUT2D eigenvalue weighted by Gasteiger charge is -2.13. The minimum atomic E-state index is 0.130. The van der Waals surface area contributed by atoms with Crippen molar-refractivity contribution in [3.05, 3.63) is 29.8 Å². The molecule has 0 fully saturated rings.